The van der Waals surface area contributed by atoms with Gasteiger partial charge in [-0.05, 0) is 106 Å². The van der Waals surface area contributed by atoms with Gasteiger partial charge in [0.25, 0.3) is 0 Å². The van der Waals surface area contributed by atoms with E-state index in [-0.39, 0.29) is 17.7 Å². The highest BCUT2D eigenvalue weighted by atomic mass is 19.2. The maximum Gasteiger partial charge on any atom is 0.162 e. The second-order valence-corrected chi connectivity index (χ2v) is 10.8. The van der Waals surface area contributed by atoms with Crippen LogP contribution in [0.2, 0.25) is 0 Å². The van der Waals surface area contributed by atoms with Crippen LogP contribution in [-0.4, -0.2) is 6.61 Å². The molecule has 0 saturated heterocycles. The molecule has 2 fully saturated rings. The molecule has 1 nitrogen and oxygen atoms in total. The highest BCUT2D eigenvalue weighted by molar-refractivity contribution is 5.29. The number of benzene rings is 1. The van der Waals surface area contributed by atoms with Crippen molar-refractivity contribution in [1.29, 1.82) is 0 Å². The third kappa shape index (κ3) is 5.91. The van der Waals surface area contributed by atoms with Crippen LogP contribution >= 0.6 is 0 Å². The predicted molar refractivity (Wildman–Crippen MR) is 132 cm³/mol. The van der Waals surface area contributed by atoms with E-state index in [1.54, 1.807) is 6.08 Å². The highest BCUT2D eigenvalue weighted by Crippen LogP contribution is 2.42. The normalized spacial score (nSPS) is 30.0. The fourth-order valence-corrected chi connectivity index (χ4v) is 6.58. The average molecular weight is 475 g/mol. The van der Waals surface area contributed by atoms with E-state index >= 15 is 0 Å². The smallest absolute Gasteiger partial charge is 0.162 e. The molecule has 2 saturated carbocycles. The van der Waals surface area contributed by atoms with Gasteiger partial charge in [0.05, 0.1) is 6.61 Å². The highest BCUT2D eigenvalue weighted by Gasteiger charge is 2.32. The van der Waals surface area contributed by atoms with Crippen LogP contribution in [0, 0.1) is 35.3 Å². The largest absolute Gasteiger partial charge is 0.494 e. The van der Waals surface area contributed by atoms with Crippen molar-refractivity contribution in [1.82, 2.24) is 0 Å². The lowest BCUT2D eigenvalue weighted by atomic mass is 9.72. The Labute approximate surface area is 203 Å². The lowest BCUT2D eigenvalue weighted by molar-refractivity contribution is 0.189. The zero-order valence-electron chi connectivity index (χ0n) is 20.9. The van der Waals surface area contributed by atoms with Gasteiger partial charge >= 0.3 is 0 Å². The molecule has 1 aromatic rings. The molecule has 0 radical (unpaired) electrons. The third-order valence-corrected chi connectivity index (χ3v) is 8.86. The van der Waals surface area contributed by atoms with Crippen molar-refractivity contribution >= 4 is 0 Å². The van der Waals surface area contributed by atoms with Crippen LogP contribution in [0.15, 0.2) is 35.9 Å². The van der Waals surface area contributed by atoms with E-state index in [0.29, 0.717) is 48.2 Å². The van der Waals surface area contributed by atoms with E-state index in [4.69, 9.17) is 4.74 Å². The first-order valence-corrected chi connectivity index (χ1v) is 13.7. The first kappa shape index (κ1) is 25.4. The van der Waals surface area contributed by atoms with Crippen molar-refractivity contribution in [3.63, 3.8) is 0 Å². The number of rotatable bonds is 8. The van der Waals surface area contributed by atoms with Crippen LogP contribution in [-0.2, 0) is 11.2 Å². The van der Waals surface area contributed by atoms with Gasteiger partial charge in [-0.15, -0.1) is 0 Å². The van der Waals surface area contributed by atoms with Crippen LogP contribution < -0.4 is 0 Å². The van der Waals surface area contributed by atoms with Crippen LogP contribution in [0.4, 0.5) is 13.2 Å². The minimum absolute atomic E-state index is 0.0309. The van der Waals surface area contributed by atoms with Crippen LogP contribution in [0.3, 0.4) is 0 Å². The minimum Gasteiger partial charge on any atom is -0.494 e. The van der Waals surface area contributed by atoms with Crippen LogP contribution in [0.25, 0.3) is 0 Å². The van der Waals surface area contributed by atoms with E-state index < -0.39 is 11.6 Å². The Hall–Kier alpha value is -1.71. The standard InChI is InChI=1S/C30H41F3O/c1-3-20-5-10-23(11-6-20)27-17-15-24(29(32)30(27)33)14-9-21-7-12-22(13-8-21)26-18-16-25(34-4-2)19-28(26)31/h15-17,19-23,26H,3-14,18H2,1-2H3. The van der Waals surface area contributed by atoms with E-state index in [2.05, 4.69) is 6.92 Å². The molecule has 188 valence electrons. The van der Waals surface area contributed by atoms with Gasteiger partial charge in [0.15, 0.2) is 11.6 Å². The van der Waals surface area contributed by atoms with E-state index in [1.165, 1.54) is 6.42 Å². The Bertz CT molecular complexity index is 873. The van der Waals surface area contributed by atoms with Gasteiger partial charge in [0.1, 0.15) is 11.6 Å². The summed E-state index contributed by atoms with van der Waals surface area (Å²) in [6, 6.07) is 3.68. The van der Waals surface area contributed by atoms with Gasteiger partial charge in [0, 0.05) is 12.0 Å². The number of ether oxygens (including phenoxy) is 1. The molecule has 0 spiro atoms. The monoisotopic (exact) mass is 474 g/mol. The van der Waals surface area contributed by atoms with Crippen molar-refractivity contribution < 1.29 is 17.9 Å². The number of hydrogen-bond acceptors (Lipinski definition) is 1. The molecule has 0 bridgehead atoms. The summed E-state index contributed by atoms with van der Waals surface area (Å²) in [4.78, 5) is 0. The molecule has 0 amide bonds. The molecule has 3 aliphatic rings. The summed E-state index contributed by atoms with van der Waals surface area (Å²) in [5.41, 5.74) is 1.10. The first-order chi connectivity index (χ1) is 16.5. The first-order valence-electron chi connectivity index (χ1n) is 13.7. The van der Waals surface area contributed by atoms with Crippen molar-refractivity contribution in [2.45, 2.75) is 96.8 Å². The SMILES string of the molecule is CCOC1=CCC(C2CCC(CCc3ccc(C4CCC(CC)CC4)c(F)c3F)CC2)C(F)=C1. The second-order valence-electron chi connectivity index (χ2n) is 10.8. The Kier molecular flexibility index (Phi) is 8.82. The van der Waals surface area contributed by atoms with Gasteiger partial charge in [-0.3, -0.25) is 0 Å². The summed E-state index contributed by atoms with van der Waals surface area (Å²) in [6.45, 7) is 4.68. The van der Waals surface area contributed by atoms with Crippen molar-refractivity contribution in [3.05, 3.63) is 58.6 Å². The van der Waals surface area contributed by atoms with Crippen LogP contribution in [0.1, 0.15) is 102 Å². The summed E-state index contributed by atoms with van der Waals surface area (Å²) >= 11 is 0. The summed E-state index contributed by atoms with van der Waals surface area (Å²) in [6.07, 6.45) is 15.2. The number of hydrogen-bond donors (Lipinski definition) is 0. The van der Waals surface area contributed by atoms with Crippen LogP contribution in [0.5, 0.6) is 0 Å². The minimum atomic E-state index is -0.630. The lowest BCUT2D eigenvalue weighted by Gasteiger charge is -2.34. The Balaban J connectivity index is 1.26. The van der Waals surface area contributed by atoms with Gasteiger partial charge in [-0.25, -0.2) is 13.2 Å². The molecule has 1 aromatic carbocycles. The topological polar surface area (TPSA) is 9.23 Å². The van der Waals surface area contributed by atoms with Gasteiger partial charge in [-0.1, -0.05) is 38.3 Å². The van der Waals surface area contributed by atoms with E-state index in [0.717, 1.165) is 63.7 Å². The molecular formula is C30H41F3O. The molecule has 4 heteroatoms. The fourth-order valence-electron chi connectivity index (χ4n) is 6.58. The zero-order chi connectivity index (χ0) is 24.1. The summed E-state index contributed by atoms with van der Waals surface area (Å²) in [5.74, 6) is 1.11. The number of aryl methyl sites for hydroxylation is 1. The number of allylic oxidation sites excluding steroid dienone is 3. The zero-order valence-corrected chi connectivity index (χ0v) is 20.9. The quantitative estimate of drug-likeness (QED) is 0.365. The predicted octanol–water partition coefficient (Wildman–Crippen LogP) is 9.18. The molecule has 0 aromatic heterocycles. The molecule has 34 heavy (non-hydrogen) atoms. The van der Waals surface area contributed by atoms with E-state index in [1.807, 2.05) is 25.1 Å². The Morgan fingerprint density at radius 3 is 2.21 bits per heavy atom. The maximum absolute atomic E-state index is 14.9. The Morgan fingerprint density at radius 1 is 0.853 bits per heavy atom. The number of halogens is 3. The molecule has 1 atom stereocenters. The van der Waals surface area contributed by atoms with Crippen molar-refractivity contribution in [3.8, 4) is 0 Å². The van der Waals surface area contributed by atoms with Gasteiger partial charge in [-0.2, -0.15) is 0 Å². The molecular weight excluding hydrogens is 433 g/mol. The van der Waals surface area contributed by atoms with Crippen molar-refractivity contribution in [2.75, 3.05) is 6.61 Å². The lowest BCUT2D eigenvalue weighted by Crippen LogP contribution is -2.24. The Morgan fingerprint density at radius 2 is 1.56 bits per heavy atom. The molecule has 4 rings (SSSR count). The van der Waals surface area contributed by atoms with Crippen molar-refractivity contribution in [2.24, 2.45) is 23.7 Å². The summed E-state index contributed by atoms with van der Waals surface area (Å²) < 4.78 is 49.9. The summed E-state index contributed by atoms with van der Waals surface area (Å²) in [5, 5.41) is 0. The van der Waals surface area contributed by atoms with E-state index in [9.17, 15) is 13.2 Å². The fraction of sp³-hybridized carbons (Fsp3) is 0.667. The molecule has 0 heterocycles. The second kappa shape index (κ2) is 11.8. The molecule has 1 unspecified atom stereocenters. The maximum atomic E-state index is 14.9. The molecule has 0 N–H and O–H groups in total. The van der Waals surface area contributed by atoms with Gasteiger partial charge in [0.2, 0.25) is 0 Å². The van der Waals surface area contributed by atoms with Gasteiger partial charge < -0.3 is 4.74 Å². The average Bonchev–Trinajstić information content (AvgIpc) is 2.86. The molecule has 3 aliphatic carbocycles. The molecule has 0 aliphatic heterocycles. The summed E-state index contributed by atoms with van der Waals surface area (Å²) in [7, 11) is 0. The third-order valence-electron chi connectivity index (χ3n) is 8.86.